The van der Waals surface area contributed by atoms with Crippen LogP contribution in [0.2, 0.25) is 0 Å². The molecule has 0 fully saturated rings. The lowest BCUT2D eigenvalue weighted by atomic mass is 10.0. The summed E-state index contributed by atoms with van der Waals surface area (Å²) in [4.78, 5) is 27.6. The van der Waals surface area contributed by atoms with E-state index in [1.54, 1.807) is 41.3 Å². The van der Waals surface area contributed by atoms with Gasteiger partial charge < -0.3 is 14.4 Å². The second kappa shape index (κ2) is 8.09. The van der Waals surface area contributed by atoms with Gasteiger partial charge in [-0.25, -0.2) is 4.79 Å². The van der Waals surface area contributed by atoms with E-state index in [-0.39, 0.29) is 12.5 Å². The number of hydrogen-bond acceptors (Lipinski definition) is 5. The Hall–Kier alpha value is -3.71. The number of carbonyl (C=O) groups excluding carboxylic acids is 1. The molecule has 1 aliphatic rings. The van der Waals surface area contributed by atoms with Crippen molar-refractivity contribution in [3.05, 3.63) is 87.5 Å². The Morgan fingerprint density at radius 3 is 2.81 bits per heavy atom. The molecule has 0 unspecified atom stereocenters. The maximum absolute atomic E-state index is 13.3. The lowest BCUT2D eigenvalue weighted by Crippen LogP contribution is -2.36. The highest BCUT2D eigenvalue weighted by atomic mass is 16.4. The van der Waals surface area contributed by atoms with Crippen molar-refractivity contribution in [3.63, 3.8) is 0 Å². The molecule has 0 aliphatic carbocycles. The van der Waals surface area contributed by atoms with Crippen molar-refractivity contribution in [2.24, 2.45) is 0 Å². The van der Waals surface area contributed by atoms with Crippen LogP contribution in [0.3, 0.4) is 0 Å². The Balaban J connectivity index is 1.47. The van der Waals surface area contributed by atoms with Crippen molar-refractivity contribution >= 4 is 16.9 Å². The highest BCUT2D eigenvalue weighted by Crippen LogP contribution is 2.26. The highest BCUT2D eigenvalue weighted by molar-refractivity contribution is 5.96. The Bertz CT molecular complexity index is 1390. The average Bonchev–Trinajstić information content (AvgIpc) is 3.20. The number of aliphatic hydroxyl groups is 1. The molecule has 3 heterocycles. The molecule has 0 radical (unpaired) electrons. The van der Waals surface area contributed by atoms with E-state index in [2.05, 4.69) is 5.10 Å². The molecule has 2 aromatic heterocycles. The molecule has 32 heavy (non-hydrogen) atoms. The van der Waals surface area contributed by atoms with Crippen molar-refractivity contribution < 1.29 is 14.3 Å². The third kappa shape index (κ3) is 3.40. The van der Waals surface area contributed by atoms with Gasteiger partial charge in [0.15, 0.2) is 0 Å². The molecule has 0 saturated heterocycles. The summed E-state index contributed by atoms with van der Waals surface area (Å²) in [5.41, 5.74) is 4.31. The van der Waals surface area contributed by atoms with Crippen molar-refractivity contribution in [2.45, 2.75) is 33.0 Å². The van der Waals surface area contributed by atoms with Crippen molar-refractivity contribution in [2.75, 3.05) is 6.54 Å². The zero-order valence-electron chi connectivity index (χ0n) is 17.7. The van der Waals surface area contributed by atoms with Crippen LogP contribution in [0.5, 0.6) is 0 Å². The number of para-hydroxylation sites is 1. The molecule has 0 bridgehead atoms. The number of aromatic nitrogens is 2. The fourth-order valence-corrected chi connectivity index (χ4v) is 4.39. The van der Waals surface area contributed by atoms with E-state index in [4.69, 9.17) is 4.42 Å². The number of carbonyl (C=O) groups is 1. The molecule has 4 aromatic rings. The number of nitrogens with zero attached hydrogens (tertiary/aromatic N) is 3. The van der Waals surface area contributed by atoms with Gasteiger partial charge in [0.2, 0.25) is 0 Å². The number of rotatable bonds is 4. The van der Waals surface area contributed by atoms with Crippen LogP contribution in [0.4, 0.5) is 0 Å². The second-order valence-corrected chi connectivity index (χ2v) is 7.89. The SMILES string of the molecule is CCn1nc(CO)c2c1CCN(C(=O)c1cccc(-c3cc4ccccc4oc3=O)c1)C2. The van der Waals surface area contributed by atoms with E-state index in [0.29, 0.717) is 47.5 Å². The lowest BCUT2D eigenvalue weighted by molar-refractivity contribution is 0.0732. The molecule has 0 spiro atoms. The molecular formula is C25H23N3O4. The van der Waals surface area contributed by atoms with Gasteiger partial charge >= 0.3 is 5.63 Å². The second-order valence-electron chi connectivity index (χ2n) is 7.89. The van der Waals surface area contributed by atoms with Gasteiger partial charge in [-0.05, 0) is 36.8 Å². The molecule has 1 N–H and O–H groups in total. The standard InChI is InChI=1S/C25H23N3O4/c1-2-28-22-10-11-27(14-20(22)21(15-29)26-28)24(30)18-8-5-7-16(12-18)19-13-17-6-3-4-9-23(17)32-25(19)31/h3-9,12-13,29H,2,10-11,14-15H2,1H3. The Kier molecular flexibility index (Phi) is 5.11. The zero-order valence-corrected chi connectivity index (χ0v) is 17.7. The molecule has 7 nitrogen and oxygen atoms in total. The topological polar surface area (TPSA) is 88.6 Å². The van der Waals surface area contributed by atoms with E-state index in [0.717, 1.165) is 23.2 Å². The van der Waals surface area contributed by atoms with Crippen molar-refractivity contribution in [1.82, 2.24) is 14.7 Å². The van der Waals surface area contributed by atoms with E-state index in [1.165, 1.54) is 0 Å². The van der Waals surface area contributed by atoms with Gasteiger partial charge in [-0.1, -0.05) is 30.3 Å². The number of aryl methyl sites for hydroxylation is 1. The maximum Gasteiger partial charge on any atom is 0.344 e. The van der Waals surface area contributed by atoms with Gasteiger partial charge in [0.1, 0.15) is 5.58 Å². The number of hydrogen-bond donors (Lipinski definition) is 1. The monoisotopic (exact) mass is 429 g/mol. The van der Waals surface area contributed by atoms with Crippen LogP contribution in [0.25, 0.3) is 22.1 Å². The van der Waals surface area contributed by atoms with Gasteiger partial charge in [0.25, 0.3) is 5.91 Å². The summed E-state index contributed by atoms with van der Waals surface area (Å²) in [6, 6.07) is 16.2. The summed E-state index contributed by atoms with van der Waals surface area (Å²) in [6.07, 6.45) is 0.690. The van der Waals surface area contributed by atoms with Crippen molar-refractivity contribution in [3.8, 4) is 11.1 Å². The maximum atomic E-state index is 13.3. The molecule has 1 amide bonds. The van der Waals surface area contributed by atoms with E-state index >= 15 is 0 Å². The van der Waals surface area contributed by atoms with Crippen LogP contribution in [-0.4, -0.2) is 32.2 Å². The van der Waals surface area contributed by atoms with E-state index < -0.39 is 5.63 Å². The predicted molar refractivity (Wildman–Crippen MR) is 120 cm³/mol. The van der Waals surface area contributed by atoms with Gasteiger partial charge in [-0.3, -0.25) is 9.48 Å². The summed E-state index contributed by atoms with van der Waals surface area (Å²) >= 11 is 0. The van der Waals surface area contributed by atoms with Gasteiger partial charge in [-0.2, -0.15) is 5.10 Å². The molecule has 1 aliphatic heterocycles. The number of aliphatic hydroxyl groups excluding tert-OH is 1. The van der Waals surface area contributed by atoms with E-state index in [9.17, 15) is 14.7 Å². The van der Waals surface area contributed by atoms with E-state index in [1.807, 2.05) is 29.8 Å². The van der Waals surface area contributed by atoms with Crippen LogP contribution in [0.15, 0.2) is 63.8 Å². The first kappa shape index (κ1) is 20.2. The quantitative estimate of drug-likeness (QED) is 0.503. The molecule has 5 rings (SSSR count). The van der Waals surface area contributed by atoms with Gasteiger partial charge in [0.05, 0.1) is 17.9 Å². The summed E-state index contributed by atoms with van der Waals surface area (Å²) in [6.45, 7) is 3.58. The largest absolute Gasteiger partial charge is 0.422 e. The van der Waals surface area contributed by atoms with Gasteiger partial charge in [-0.15, -0.1) is 0 Å². The number of benzene rings is 2. The lowest BCUT2D eigenvalue weighted by Gasteiger charge is -2.28. The summed E-state index contributed by atoms with van der Waals surface area (Å²) in [5, 5.41) is 15.0. The first-order chi connectivity index (χ1) is 15.6. The Morgan fingerprint density at radius 1 is 1.16 bits per heavy atom. The van der Waals surface area contributed by atoms with Crippen LogP contribution in [-0.2, 0) is 26.1 Å². The average molecular weight is 429 g/mol. The van der Waals surface area contributed by atoms with Crippen LogP contribution < -0.4 is 5.63 Å². The molecule has 162 valence electrons. The molecule has 2 aromatic carbocycles. The van der Waals surface area contributed by atoms with Crippen LogP contribution in [0.1, 0.15) is 34.2 Å². The smallest absolute Gasteiger partial charge is 0.344 e. The predicted octanol–water partition coefficient (Wildman–Crippen LogP) is 3.37. The number of fused-ring (bicyclic) bond motifs is 2. The van der Waals surface area contributed by atoms with Gasteiger partial charge in [0, 0.05) is 48.3 Å². The molecule has 0 atom stereocenters. The summed E-state index contributed by atoms with van der Waals surface area (Å²) < 4.78 is 7.36. The normalized spacial score (nSPS) is 13.4. The fourth-order valence-electron chi connectivity index (χ4n) is 4.39. The fraction of sp³-hybridized carbons (Fsp3) is 0.240. The summed E-state index contributed by atoms with van der Waals surface area (Å²) in [5.74, 6) is -0.115. The minimum absolute atomic E-state index is 0.115. The minimum atomic E-state index is -0.435. The molecule has 7 heteroatoms. The molecular weight excluding hydrogens is 406 g/mol. The zero-order chi connectivity index (χ0) is 22.2. The first-order valence-corrected chi connectivity index (χ1v) is 10.7. The molecule has 0 saturated carbocycles. The Morgan fingerprint density at radius 2 is 2.00 bits per heavy atom. The number of amides is 1. The van der Waals surface area contributed by atoms with Crippen LogP contribution in [0, 0.1) is 0 Å². The van der Waals surface area contributed by atoms with Crippen LogP contribution >= 0.6 is 0 Å². The first-order valence-electron chi connectivity index (χ1n) is 10.7. The third-order valence-corrected chi connectivity index (χ3v) is 6.02. The van der Waals surface area contributed by atoms with Crippen molar-refractivity contribution in [1.29, 1.82) is 0 Å². The summed E-state index contributed by atoms with van der Waals surface area (Å²) in [7, 11) is 0. The highest BCUT2D eigenvalue weighted by Gasteiger charge is 2.27. The Labute approximate surface area is 184 Å². The third-order valence-electron chi connectivity index (χ3n) is 6.02. The minimum Gasteiger partial charge on any atom is -0.422 e.